The number of para-hydroxylation sites is 2. The first-order valence-electron chi connectivity index (χ1n) is 14.3. The zero-order valence-electron chi connectivity index (χ0n) is 22.3. The van der Waals surface area contributed by atoms with E-state index >= 15 is 0 Å². The van der Waals surface area contributed by atoms with E-state index in [9.17, 15) is 0 Å². The fourth-order valence-corrected chi connectivity index (χ4v) is 6.78. The van der Waals surface area contributed by atoms with Gasteiger partial charge in [0.25, 0.3) is 0 Å². The molecular formula is C39H29N. The molecule has 0 radical (unpaired) electrons. The number of hydrogen-bond acceptors (Lipinski definition) is 0. The van der Waals surface area contributed by atoms with Gasteiger partial charge >= 0.3 is 0 Å². The summed E-state index contributed by atoms with van der Waals surface area (Å²) in [5, 5.41) is 5.24. The summed E-state index contributed by atoms with van der Waals surface area (Å²) in [6, 6.07) is 46.6. The molecule has 190 valence electrons. The van der Waals surface area contributed by atoms with Crippen LogP contribution in [0.25, 0.3) is 66.6 Å². The molecule has 8 rings (SSSR count). The molecular weight excluding hydrogens is 482 g/mol. The molecule has 0 fully saturated rings. The molecule has 0 bridgehead atoms. The molecule has 6 aromatic carbocycles. The molecule has 1 aromatic heterocycles. The van der Waals surface area contributed by atoms with Crippen molar-refractivity contribution in [2.24, 2.45) is 0 Å². The van der Waals surface area contributed by atoms with E-state index in [1.165, 1.54) is 78.1 Å². The van der Waals surface area contributed by atoms with E-state index in [0.717, 1.165) is 12.8 Å². The highest BCUT2D eigenvalue weighted by atomic mass is 15.0. The fraction of sp³-hybridized carbons (Fsp3) is 0.0769. The van der Waals surface area contributed by atoms with Crippen molar-refractivity contribution in [2.45, 2.75) is 19.3 Å². The molecule has 1 aliphatic carbocycles. The number of benzene rings is 6. The Hall–Kier alpha value is -4.88. The summed E-state index contributed by atoms with van der Waals surface area (Å²) in [6.45, 7) is 0. The van der Waals surface area contributed by atoms with Gasteiger partial charge in [-0.1, -0.05) is 115 Å². The molecule has 7 aromatic rings. The van der Waals surface area contributed by atoms with Crippen molar-refractivity contribution in [2.75, 3.05) is 0 Å². The van der Waals surface area contributed by atoms with Crippen LogP contribution < -0.4 is 0 Å². The Labute approximate surface area is 234 Å². The van der Waals surface area contributed by atoms with Crippen molar-refractivity contribution in [3.05, 3.63) is 145 Å². The van der Waals surface area contributed by atoms with Gasteiger partial charge in [-0.05, 0) is 87.7 Å². The summed E-state index contributed by atoms with van der Waals surface area (Å²) in [4.78, 5) is 0. The molecule has 0 unspecified atom stereocenters. The van der Waals surface area contributed by atoms with E-state index in [2.05, 4.69) is 144 Å². The van der Waals surface area contributed by atoms with Crippen molar-refractivity contribution in [1.82, 2.24) is 4.57 Å². The minimum Gasteiger partial charge on any atom is -0.309 e. The zero-order valence-corrected chi connectivity index (χ0v) is 22.3. The Kier molecular flexibility index (Phi) is 5.41. The van der Waals surface area contributed by atoms with Crippen LogP contribution in [0.4, 0.5) is 0 Å². The quantitative estimate of drug-likeness (QED) is 0.222. The van der Waals surface area contributed by atoms with Gasteiger partial charge in [0, 0.05) is 16.5 Å². The Morgan fingerprint density at radius 3 is 1.70 bits per heavy atom. The molecule has 0 atom stereocenters. The van der Waals surface area contributed by atoms with Gasteiger partial charge < -0.3 is 4.57 Å². The van der Waals surface area contributed by atoms with Gasteiger partial charge in [0.05, 0.1) is 11.0 Å². The van der Waals surface area contributed by atoms with Gasteiger partial charge in [0.1, 0.15) is 0 Å². The van der Waals surface area contributed by atoms with E-state index in [1.54, 1.807) is 0 Å². The van der Waals surface area contributed by atoms with Crippen LogP contribution in [0.3, 0.4) is 0 Å². The van der Waals surface area contributed by atoms with Crippen molar-refractivity contribution in [1.29, 1.82) is 0 Å². The van der Waals surface area contributed by atoms with Crippen molar-refractivity contribution < 1.29 is 0 Å². The first kappa shape index (κ1) is 23.0. The molecule has 40 heavy (non-hydrogen) atoms. The minimum absolute atomic E-state index is 1.09. The average Bonchev–Trinajstić information content (AvgIpc) is 3.16. The second kappa shape index (κ2) is 9.39. The number of nitrogens with zero attached hydrogens (tertiary/aromatic N) is 1. The Balaban J connectivity index is 1.37. The van der Waals surface area contributed by atoms with Gasteiger partial charge in [-0.15, -0.1) is 0 Å². The van der Waals surface area contributed by atoms with Gasteiger partial charge in [-0.3, -0.25) is 0 Å². The molecule has 1 heteroatoms. The molecule has 1 heterocycles. The summed E-state index contributed by atoms with van der Waals surface area (Å²) in [5.41, 5.74) is 11.8. The number of fused-ring (bicyclic) bond motifs is 5. The maximum absolute atomic E-state index is 2.39. The number of allylic oxidation sites excluding steroid dienone is 1. The molecule has 0 N–H and O–H groups in total. The second-order valence-corrected chi connectivity index (χ2v) is 10.8. The highest BCUT2D eigenvalue weighted by Gasteiger charge is 2.21. The van der Waals surface area contributed by atoms with Crippen LogP contribution in [0.15, 0.2) is 133 Å². The molecule has 0 saturated carbocycles. The number of rotatable bonds is 3. The third-order valence-corrected chi connectivity index (χ3v) is 8.50. The fourth-order valence-electron chi connectivity index (χ4n) is 6.78. The van der Waals surface area contributed by atoms with E-state index in [-0.39, 0.29) is 0 Å². The maximum atomic E-state index is 2.39. The predicted molar refractivity (Wildman–Crippen MR) is 171 cm³/mol. The zero-order chi connectivity index (χ0) is 26.5. The molecule has 0 aliphatic heterocycles. The van der Waals surface area contributed by atoms with Crippen LogP contribution in [0, 0.1) is 0 Å². The van der Waals surface area contributed by atoms with Crippen molar-refractivity contribution >= 4 is 38.7 Å². The Morgan fingerprint density at radius 2 is 1.02 bits per heavy atom. The standard InChI is InChI=1S/C39H29N/c1-3-13-27(14-4-1)38-32-17-5-2-6-18-33(32)39(35-20-8-7-19-34(35)38)28-23-25-29(26-24-28)40-36-21-11-9-15-30(36)31-16-10-12-22-37(31)40/h1,3-4,6-16,18-26H,2,5,17H2. The Morgan fingerprint density at radius 1 is 0.475 bits per heavy atom. The van der Waals surface area contributed by atoms with E-state index in [1.807, 2.05) is 0 Å². The first-order chi connectivity index (χ1) is 19.9. The topological polar surface area (TPSA) is 4.93 Å². The van der Waals surface area contributed by atoms with Crippen molar-refractivity contribution in [3.63, 3.8) is 0 Å². The summed E-state index contributed by atoms with van der Waals surface area (Å²) in [7, 11) is 0. The monoisotopic (exact) mass is 511 g/mol. The lowest BCUT2D eigenvalue weighted by atomic mass is 9.82. The van der Waals surface area contributed by atoms with Crippen molar-refractivity contribution in [3.8, 4) is 27.9 Å². The molecule has 1 nitrogen and oxygen atoms in total. The highest BCUT2D eigenvalue weighted by molar-refractivity contribution is 6.11. The molecule has 0 saturated heterocycles. The molecule has 0 amide bonds. The third-order valence-electron chi connectivity index (χ3n) is 8.50. The summed E-state index contributed by atoms with van der Waals surface area (Å²) < 4.78 is 2.39. The SMILES string of the molecule is C1=Cc2c(c(-c3ccccc3)c3ccccc3c2-c2ccc(-n3c4ccccc4c4ccccc43)cc2)CCC1. The first-order valence-corrected chi connectivity index (χ1v) is 14.3. The van der Waals surface area contributed by atoms with Gasteiger partial charge in [0.15, 0.2) is 0 Å². The van der Waals surface area contributed by atoms with Crippen LogP contribution in [0.2, 0.25) is 0 Å². The lowest BCUT2D eigenvalue weighted by molar-refractivity contribution is 0.854. The maximum Gasteiger partial charge on any atom is 0.0541 e. The molecule has 0 spiro atoms. The van der Waals surface area contributed by atoms with Crippen LogP contribution in [-0.2, 0) is 6.42 Å². The van der Waals surface area contributed by atoms with E-state index in [0.29, 0.717) is 0 Å². The summed E-state index contributed by atoms with van der Waals surface area (Å²) in [5.74, 6) is 0. The van der Waals surface area contributed by atoms with Crippen LogP contribution in [0.1, 0.15) is 24.0 Å². The largest absolute Gasteiger partial charge is 0.309 e. The average molecular weight is 512 g/mol. The van der Waals surface area contributed by atoms with Gasteiger partial charge in [-0.25, -0.2) is 0 Å². The van der Waals surface area contributed by atoms with Crippen LogP contribution in [-0.4, -0.2) is 4.57 Å². The summed E-state index contributed by atoms with van der Waals surface area (Å²) >= 11 is 0. The smallest absolute Gasteiger partial charge is 0.0541 e. The minimum atomic E-state index is 1.09. The number of aromatic nitrogens is 1. The Bertz CT molecular complexity index is 2000. The van der Waals surface area contributed by atoms with Crippen LogP contribution in [0.5, 0.6) is 0 Å². The predicted octanol–water partition coefficient (Wildman–Crippen LogP) is 10.6. The van der Waals surface area contributed by atoms with Gasteiger partial charge in [-0.2, -0.15) is 0 Å². The molecule has 1 aliphatic rings. The second-order valence-electron chi connectivity index (χ2n) is 10.8. The highest BCUT2D eigenvalue weighted by Crippen LogP contribution is 2.44. The lowest BCUT2D eigenvalue weighted by Gasteiger charge is -2.21. The normalized spacial score (nSPS) is 13.1. The summed E-state index contributed by atoms with van der Waals surface area (Å²) in [6.07, 6.45) is 8.13. The number of hydrogen-bond donors (Lipinski definition) is 0. The van der Waals surface area contributed by atoms with E-state index < -0.39 is 0 Å². The van der Waals surface area contributed by atoms with Gasteiger partial charge in [0.2, 0.25) is 0 Å². The third kappa shape index (κ3) is 3.55. The lowest BCUT2D eigenvalue weighted by Crippen LogP contribution is -1.99. The van der Waals surface area contributed by atoms with E-state index in [4.69, 9.17) is 0 Å². The van der Waals surface area contributed by atoms with Crippen LogP contribution >= 0.6 is 0 Å².